The van der Waals surface area contributed by atoms with E-state index in [4.69, 9.17) is 0 Å². The molecule has 1 aromatic heterocycles. The average molecular weight is 172 g/mol. The van der Waals surface area contributed by atoms with Crippen LogP contribution in [0.15, 0.2) is 36.5 Å². The topological polar surface area (TPSA) is 17.8 Å². The second kappa shape index (κ2) is 3.05. The normalized spacial score (nSPS) is 10.3. The Kier molecular flexibility index (Phi) is 1.89. The Bertz CT molecular complexity index is 416. The van der Waals surface area contributed by atoms with Gasteiger partial charge in [-0.25, -0.2) is 4.68 Å². The number of aromatic nitrogens is 2. The molecule has 2 nitrogen and oxygen atoms in total. The van der Waals surface area contributed by atoms with Crippen LogP contribution in [0.5, 0.6) is 0 Å². The van der Waals surface area contributed by atoms with Gasteiger partial charge in [-0.2, -0.15) is 5.10 Å². The van der Waals surface area contributed by atoms with Crippen LogP contribution in [-0.2, 0) is 0 Å². The molecule has 2 rings (SSSR count). The third-order valence-corrected chi connectivity index (χ3v) is 2.18. The van der Waals surface area contributed by atoms with Gasteiger partial charge in [-0.3, -0.25) is 0 Å². The molecule has 0 radical (unpaired) electrons. The van der Waals surface area contributed by atoms with Crippen molar-refractivity contribution in [1.29, 1.82) is 0 Å². The van der Waals surface area contributed by atoms with E-state index in [1.54, 1.807) is 0 Å². The molecule has 0 amide bonds. The first-order valence-electron chi connectivity index (χ1n) is 4.35. The SMILES string of the molecule is Cc1ccccc1-n1nccc1C. The summed E-state index contributed by atoms with van der Waals surface area (Å²) in [5.41, 5.74) is 3.56. The smallest absolute Gasteiger partial charge is 0.0677 e. The van der Waals surface area contributed by atoms with Crippen molar-refractivity contribution in [3.63, 3.8) is 0 Å². The molecular formula is C11H12N2. The van der Waals surface area contributed by atoms with Gasteiger partial charge in [0, 0.05) is 11.9 Å². The predicted molar refractivity (Wildman–Crippen MR) is 53.0 cm³/mol. The van der Waals surface area contributed by atoms with E-state index in [1.165, 1.54) is 5.56 Å². The van der Waals surface area contributed by atoms with Crippen LogP contribution in [0.1, 0.15) is 11.3 Å². The fourth-order valence-electron chi connectivity index (χ4n) is 1.42. The largest absolute Gasteiger partial charge is 0.238 e. The molecule has 0 N–H and O–H groups in total. The molecule has 0 spiro atoms. The highest BCUT2D eigenvalue weighted by Crippen LogP contribution is 2.13. The van der Waals surface area contributed by atoms with Gasteiger partial charge in [-0.05, 0) is 31.5 Å². The zero-order valence-corrected chi connectivity index (χ0v) is 7.86. The fourth-order valence-corrected chi connectivity index (χ4v) is 1.42. The lowest BCUT2D eigenvalue weighted by Crippen LogP contribution is -2.00. The van der Waals surface area contributed by atoms with E-state index in [0.717, 1.165) is 11.4 Å². The van der Waals surface area contributed by atoms with Crippen molar-refractivity contribution in [2.75, 3.05) is 0 Å². The van der Waals surface area contributed by atoms with Crippen LogP contribution >= 0.6 is 0 Å². The van der Waals surface area contributed by atoms with Crippen molar-refractivity contribution in [3.05, 3.63) is 47.8 Å². The van der Waals surface area contributed by atoms with Gasteiger partial charge in [0.15, 0.2) is 0 Å². The summed E-state index contributed by atoms with van der Waals surface area (Å²) in [6.07, 6.45) is 1.82. The summed E-state index contributed by atoms with van der Waals surface area (Å²) in [6, 6.07) is 10.2. The zero-order valence-electron chi connectivity index (χ0n) is 7.86. The summed E-state index contributed by atoms with van der Waals surface area (Å²) >= 11 is 0. The van der Waals surface area contributed by atoms with E-state index in [2.05, 4.69) is 31.1 Å². The van der Waals surface area contributed by atoms with Crippen molar-refractivity contribution in [2.24, 2.45) is 0 Å². The lowest BCUT2D eigenvalue weighted by molar-refractivity contribution is 0.840. The van der Waals surface area contributed by atoms with Crippen LogP contribution in [0.3, 0.4) is 0 Å². The Morgan fingerprint density at radius 1 is 1.08 bits per heavy atom. The Balaban J connectivity index is 2.59. The molecule has 1 heterocycles. The number of rotatable bonds is 1. The van der Waals surface area contributed by atoms with Gasteiger partial charge in [0.25, 0.3) is 0 Å². The van der Waals surface area contributed by atoms with E-state index in [0.29, 0.717) is 0 Å². The van der Waals surface area contributed by atoms with E-state index in [9.17, 15) is 0 Å². The number of nitrogens with zero attached hydrogens (tertiary/aromatic N) is 2. The average Bonchev–Trinajstić information content (AvgIpc) is 2.52. The van der Waals surface area contributed by atoms with E-state index in [1.807, 2.05) is 29.1 Å². The Morgan fingerprint density at radius 2 is 1.85 bits per heavy atom. The standard InChI is InChI=1S/C11H12N2/c1-9-5-3-4-6-11(9)13-10(2)7-8-12-13/h3-8H,1-2H3. The summed E-state index contributed by atoms with van der Waals surface area (Å²) in [6.45, 7) is 4.15. The first-order chi connectivity index (χ1) is 6.29. The van der Waals surface area contributed by atoms with Crippen molar-refractivity contribution in [1.82, 2.24) is 9.78 Å². The second-order valence-electron chi connectivity index (χ2n) is 3.17. The van der Waals surface area contributed by atoms with Crippen molar-refractivity contribution in [3.8, 4) is 5.69 Å². The molecule has 2 aromatic rings. The van der Waals surface area contributed by atoms with Gasteiger partial charge >= 0.3 is 0 Å². The molecule has 0 aliphatic heterocycles. The Morgan fingerprint density at radius 3 is 2.46 bits per heavy atom. The lowest BCUT2D eigenvalue weighted by Gasteiger charge is -2.06. The lowest BCUT2D eigenvalue weighted by atomic mass is 10.2. The summed E-state index contributed by atoms with van der Waals surface area (Å²) in [7, 11) is 0. The number of hydrogen-bond donors (Lipinski definition) is 0. The Hall–Kier alpha value is -1.57. The number of hydrogen-bond acceptors (Lipinski definition) is 1. The minimum Gasteiger partial charge on any atom is -0.238 e. The van der Waals surface area contributed by atoms with Gasteiger partial charge in [-0.1, -0.05) is 18.2 Å². The zero-order chi connectivity index (χ0) is 9.26. The number of benzene rings is 1. The highest BCUT2D eigenvalue weighted by molar-refractivity contribution is 5.40. The summed E-state index contributed by atoms with van der Waals surface area (Å²) in [5.74, 6) is 0. The number of para-hydroxylation sites is 1. The molecule has 0 aliphatic carbocycles. The van der Waals surface area contributed by atoms with Crippen LogP contribution in [0.25, 0.3) is 5.69 Å². The maximum absolute atomic E-state index is 4.26. The molecule has 0 aliphatic rings. The highest BCUT2D eigenvalue weighted by atomic mass is 15.3. The molecule has 0 atom stereocenters. The van der Waals surface area contributed by atoms with Crippen LogP contribution in [0, 0.1) is 13.8 Å². The minimum absolute atomic E-state index is 1.16. The van der Waals surface area contributed by atoms with Gasteiger partial charge in [-0.15, -0.1) is 0 Å². The van der Waals surface area contributed by atoms with Crippen molar-refractivity contribution >= 4 is 0 Å². The van der Waals surface area contributed by atoms with Gasteiger partial charge in [0.2, 0.25) is 0 Å². The monoisotopic (exact) mass is 172 g/mol. The van der Waals surface area contributed by atoms with Crippen LogP contribution < -0.4 is 0 Å². The minimum atomic E-state index is 1.16. The fraction of sp³-hybridized carbons (Fsp3) is 0.182. The third kappa shape index (κ3) is 1.35. The van der Waals surface area contributed by atoms with Gasteiger partial charge in [0.05, 0.1) is 5.69 Å². The van der Waals surface area contributed by atoms with Gasteiger partial charge < -0.3 is 0 Å². The summed E-state index contributed by atoms with van der Waals surface area (Å²) < 4.78 is 1.95. The Labute approximate surface area is 77.8 Å². The molecule has 0 saturated carbocycles. The molecular weight excluding hydrogens is 160 g/mol. The molecule has 0 fully saturated rings. The van der Waals surface area contributed by atoms with E-state index < -0.39 is 0 Å². The van der Waals surface area contributed by atoms with Crippen LogP contribution in [0.2, 0.25) is 0 Å². The molecule has 2 heteroatoms. The van der Waals surface area contributed by atoms with Crippen molar-refractivity contribution in [2.45, 2.75) is 13.8 Å². The molecule has 0 bridgehead atoms. The highest BCUT2D eigenvalue weighted by Gasteiger charge is 2.01. The summed E-state index contributed by atoms with van der Waals surface area (Å²) in [4.78, 5) is 0. The quantitative estimate of drug-likeness (QED) is 0.646. The molecule has 0 unspecified atom stereocenters. The van der Waals surface area contributed by atoms with E-state index in [-0.39, 0.29) is 0 Å². The van der Waals surface area contributed by atoms with Crippen LogP contribution in [-0.4, -0.2) is 9.78 Å². The number of aryl methyl sites for hydroxylation is 2. The van der Waals surface area contributed by atoms with Gasteiger partial charge in [0.1, 0.15) is 0 Å². The van der Waals surface area contributed by atoms with Crippen LogP contribution in [0.4, 0.5) is 0 Å². The van der Waals surface area contributed by atoms with Crippen molar-refractivity contribution < 1.29 is 0 Å². The maximum atomic E-state index is 4.26. The molecule has 1 aromatic carbocycles. The third-order valence-electron chi connectivity index (χ3n) is 2.18. The second-order valence-corrected chi connectivity index (χ2v) is 3.17. The van der Waals surface area contributed by atoms with E-state index >= 15 is 0 Å². The summed E-state index contributed by atoms with van der Waals surface area (Å²) in [5, 5.41) is 4.26. The predicted octanol–water partition coefficient (Wildman–Crippen LogP) is 2.49. The first kappa shape index (κ1) is 8.05. The first-order valence-corrected chi connectivity index (χ1v) is 4.35. The molecule has 13 heavy (non-hydrogen) atoms. The molecule has 66 valence electrons. The molecule has 0 saturated heterocycles. The maximum Gasteiger partial charge on any atom is 0.0677 e.